The third kappa shape index (κ3) is 7.48. The summed E-state index contributed by atoms with van der Waals surface area (Å²) < 4.78 is 17.1. The minimum atomic E-state index is 0.466. The molecule has 39 heavy (non-hydrogen) atoms. The highest BCUT2D eigenvalue weighted by Gasteiger charge is 2.22. The Bertz CT molecular complexity index is 1190. The second kappa shape index (κ2) is 13.7. The molecular weight excluding hydrogens is 484 g/mol. The van der Waals surface area contributed by atoms with Gasteiger partial charge in [-0.05, 0) is 110 Å². The number of benzene rings is 3. The van der Waals surface area contributed by atoms with Crippen molar-refractivity contribution in [2.45, 2.75) is 63.8 Å². The molecule has 0 radical (unpaired) electrons. The average molecular weight is 529 g/mol. The monoisotopic (exact) mass is 528 g/mol. The van der Waals surface area contributed by atoms with Crippen LogP contribution < -0.4 is 19.5 Å². The fraction of sp³-hybridized carbons (Fsp3) is 0.471. The van der Waals surface area contributed by atoms with E-state index < -0.39 is 0 Å². The Morgan fingerprint density at radius 2 is 1.49 bits per heavy atom. The van der Waals surface area contributed by atoms with Crippen LogP contribution in [0.2, 0.25) is 0 Å². The van der Waals surface area contributed by atoms with Gasteiger partial charge in [0.1, 0.15) is 23.9 Å². The number of nitrogens with zero attached hydrogens (tertiary/aromatic N) is 1. The lowest BCUT2D eigenvalue weighted by Crippen LogP contribution is -2.29. The molecule has 0 saturated carbocycles. The summed E-state index contributed by atoms with van der Waals surface area (Å²) in [6, 6.07) is 21.6. The van der Waals surface area contributed by atoms with Gasteiger partial charge in [-0.15, -0.1) is 0 Å². The van der Waals surface area contributed by atoms with Crippen LogP contribution in [0, 0.1) is 0 Å². The van der Waals surface area contributed by atoms with Crippen LogP contribution in [0.1, 0.15) is 66.7 Å². The van der Waals surface area contributed by atoms with Gasteiger partial charge in [-0.1, -0.05) is 37.1 Å². The van der Waals surface area contributed by atoms with Crippen molar-refractivity contribution in [3.8, 4) is 17.2 Å². The highest BCUT2D eigenvalue weighted by atomic mass is 16.5. The molecule has 1 atom stereocenters. The average Bonchev–Trinajstić information content (AvgIpc) is 3.37. The number of methoxy groups -OCH3 is 2. The fourth-order valence-electron chi connectivity index (χ4n) is 6.06. The van der Waals surface area contributed by atoms with Gasteiger partial charge >= 0.3 is 0 Å². The maximum absolute atomic E-state index is 6.06. The van der Waals surface area contributed by atoms with Gasteiger partial charge in [0.05, 0.1) is 14.2 Å². The van der Waals surface area contributed by atoms with E-state index in [0.29, 0.717) is 5.92 Å². The molecule has 0 spiro atoms. The lowest BCUT2D eigenvalue weighted by atomic mass is 9.88. The van der Waals surface area contributed by atoms with E-state index in [-0.39, 0.29) is 0 Å². The van der Waals surface area contributed by atoms with E-state index in [0.717, 1.165) is 55.5 Å². The Kier molecular flexibility index (Phi) is 9.66. The van der Waals surface area contributed by atoms with Crippen LogP contribution in [0.25, 0.3) is 0 Å². The Labute approximate surface area is 234 Å². The number of hydrogen-bond acceptors (Lipinski definition) is 5. The van der Waals surface area contributed by atoms with Gasteiger partial charge in [-0.2, -0.15) is 0 Å². The number of nitrogens with one attached hydrogen (secondary N) is 1. The van der Waals surface area contributed by atoms with Crippen molar-refractivity contribution in [1.82, 2.24) is 4.90 Å². The van der Waals surface area contributed by atoms with E-state index in [2.05, 4.69) is 70.9 Å². The van der Waals surface area contributed by atoms with Crippen molar-refractivity contribution in [3.63, 3.8) is 0 Å². The van der Waals surface area contributed by atoms with Crippen molar-refractivity contribution in [3.05, 3.63) is 82.9 Å². The minimum Gasteiger partial charge on any atom is -0.497 e. The van der Waals surface area contributed by atoms with Crippen LogP contribution in [0.3, 0.4) is 0 Å². The van der Waals surface area contributed by atoms with Crippen molar-refractivity contribution in [2.24, 2.45) is 0 Å². The molecule has 5 nitrogen and oxygen atoms in total. The highest BCUT2D eigenvalue weighted by Crippen LogP contribution is 2.38. The van der Waals surface area contributed by atoms with Gasteiger partial charge in [0.15, 0.2) is 0 Å². The number of hydrogen-bond donors (Lipinski definition) is 1. The second-order valence-electron chi connectivity index (χ2n) is 11.0. The molecule has 2 aliphatic rings. The van der Waals surface area contributed by atoms with Crippen molar-refractivity contribution < 1.29 is 14.2 Å². The topological polar surface area (TPSA) is 43.0 Å². The van der Waals surface area contributed by atoms with Gasteiger partial charge < -0.3 is 19.5 Å². The molecule has 208 valence electrons. The standard InChI is InChI=1S/C34H44N2O3/c1-37-31-15-12-28-22-29(9-7-8-27(28)23-31)33-17-16-32(38-2)24-34(33)35-25-26-10-13-30(14-11-26)39-21-20-36-18-5-3-4-6-19-36/h10-17,23-24,29,35H,3-9,18-22,25H2,1-2H3. The van der Waals surface area contributed by atoms with Crippen LogP contribution in [0.5, 0.6) is 17.2 Å². The van der Waals surface area contributed by atoms with Crippen LogP contribution in [0.4, 0.5) is 5.69 Å². The third-order valence-corrected chi connectivity index (χ3v) is 8.36. The molecule has 1 aliphatic carbocycles. The molecule has 1 aliphatic heterocycles. The molecule has 0 bridgehead atoms. The number of fused-ring (bicyclic) bond motifs is 1. The predicted octanol–water partition coefficient (Wildman–Crippen LogP) is 7.23. The molecule has 5 heteroatoms. The van der Waals surface area contributed by atoms with Gasteiger partial charge in [0, 0.05) is 24.8 Å². The van der Waals surface area contributed by atoms with E-state index in [1.54, 1.807) is 14.2 Å². The van der Waals surface area contributed by atoms with Gasteiger partial charge in [0.2, 0.25) is 0 Å². The number of anilines is 1. The van der Waals surface area contributed by atoms with Crippen LogP contribution >= 0.6 is 0 Å². The quantitative estimate of drug-likeness (QED) is 0.281. The lowest BCUT2D eigenvalue weighted by molar-refractivity contribution is 0.214. The molecule has 1 N–H and O–H groups in total. The Balaban J connectivity index is 1.21. The zero-order valence-corrected chi connectivity index (χ0v) is 23.7. The second-order valence-corrected chi connectivity index (χ2v) is 11.0. The van der Waals surface area contributed by atoms with E-state index >= 15 is 0 Å². The van der Waals surface area contributed by atoms with Crippen LogP contribution in [-0.2, 0) is 19.4 Å². The molecule has 3 aromatic rings. The van der Waals surface area contributed by atoms with Gasteiger partial charge in [-0.25, -0.2) is 0 Å². The molecule has 0 aromatic heterocycles. The fourth-order valence-corrected chi connectivity index (χ4v) is 6.06. The van der Waals surface area contributed by atoms with Crippen LogP contribution in [0.15, 0.2) is 60.7 Å². The van der Waals surface area contributed by atoms with E-state index in [1.807, 2.05) is 0 Å². The molecule has 1 fully saturated rings. The summed E-state index contributed by atoms with van der Waals surface area (Å²) in [5, 5.41) is 3.73. The molecule has 3 aromatic carbocycles. The van der Waals surface area contributed by atoms with Crippen molar-refractivity contribution in [1.29, 1.82) is 0 Å². The lowest BCUT2D eigenvalue weighted by Gasteiger charge is -2.21. The summed E-state index contributed by atoms with van der Waals surface area (Å²) in [6.45, 7) is 4.95. The van der Waals surface area contributed by atoms with Gasteiger partial charge in [0.25, 0.3) is 0 Å². The first-order chi connectivity index (χ1) is 19.2. The summed E-state index contributed by atoms with van der Waals surface area (Å²) in [7, 11) is 3.48. The first kappa shape index (κ1) is 27.4. The SMILES string of the molecule is COc1ccc2c(c1)CCCC(c1ccc(OC)cc1NCc1ccc(OCCN3CCCCCC3)cc1)C2. The first-order valence-corrected chi connectivity index (χ1v) is 14.7. The minimum absolute atomic E-state index is 0.466. The molecule has 1 saturated heterocycles. The summed E-state index contributed by atoms with van der Waals surface area (Å²) >= 11 is 0. The smallest absolute Gasteiger partial charge is 0.120 e. The highest BCUT2D eigenvalue weighted by molar-refractivity contribution is 5.57. The largest absolute Gasteiger partial charge is 0.497 e. The summed E-state index contributed by atoms with van der Waals surface area (Å²) in [5.41, 5.74) is 6.63. The van der Waals surface area contributed by atoms with E-state index in [1.165, 1.54) is 73.9 Å². The van der Waals surface area contributed by atoms with Crippen molar-refractivity contribution >= 4 is 5.69 Å². The Morgan fingerprint density at radius 3 is 2.26 bits per heavy atom. The maximum atomic E-state index is 6.06. The molecule has 0 amide bonds. The molecular formula is C34H44N2O3. The summed E-state index contributed by atoms with van der Waals surface area (Å²) in [4.78, 5) is 2.54. The summed E-state index contributed by atoms with van der Waals surface area (Å²) in [6.07, 6.45) is 9.87. The molecule has 5 rings (SSSR count). The predicted molar refractivity (Wildman–Crippen MR) is 160 cm³/mol. The van der Waals surface area contributed by atoms with E-state index in [9.17, 15) is 0 Å². The van der Waals surface area contributed by atoms with Crippen LogP contribution in [-0.4, -0.2) is 45.4 Å². The number of ether oxygens (including phenoxy) is 3. The van der Waals surface area contributed by atoms with E-state index in [4.69, 9.17) is 14.2 Å². The Morgan fingerprint density at radius 1 is 0.769 bits per heavy atom. The summed E-state index contributed by atoms with van der Waals surface area (Å²) in [5.74, 6) is 3.25. The number of likely N-dealkylation sites (tertiary alicyclic amines) is 1. The zero-order valence-electron chi connectivity index (χ0n) is 23.7. The number of rotatable bonds is 10. The van der Waals surface area contributed by atoms with Gasteiger partial charge in [-0.3, -0.25) is 4.90 Å². The maximum Gasteiger partial charge on any atom is 0.120 e. The number of aryl methyl sites for hydroxylation is 1. The van der Waals surface area contributed by atoms with Crippen molar-refractivity contribution in [2.75, 3.05) is 45.8 Å². The zero-order chi connectivity index (χ0) is 26.9. The molecule has 1 unspecified atom stereocenters. The third-order valence-electron chi connectivity index (χ3n) is 8.36. The normalized spacial score (nSPS) is 17.9. The molecule has 1 heterocycles. The Hall–Kier alpha value is -3.18. The first-order valence-electron chi connectivity index (χ1n) is 14.7.